The Morgan fingerprint density at radius 2 is 1.77 bits per heavy atom. The van der Waals surface area contributed by atoms with Gasteiger partial charge < -0.3 is 9.76 Å². The first-order valence-corrected chi connectivity index (χ1v) is 12.5. The molecule has 0 saturated carbocycles. The highest BCUT2D eigenvalue weighted by Gasteiger charge is 2.25. The van der Waals surface area contributed by atoms with Crippen molar-refractivity contribution >= 4 is 46.1 Å². The molecular weight excluding hydrogens is 475 g/mol. The number of hydrogen-bond donors (Lipinski definition) is 1. The summed E-state index contributed by atoms with van der Waals surface area (Å²) in [6, 6.07) is 14.4. The van der Waals surface area contributed by atoms with Gasteiger partial charge in [-0.15, -0.1) is 11.8 Å². The van der Waals surface area contributed by atoms with Gasteiger partial charge in [0.25, 0.3) is 0 Å². The lowest BCUT2D eigenvalue weighted by Crippen LogP contribution is -2.04. The summed E-state index contributed by atoms with van der Waals surface area (Å²) in [5.41, 5.74) is 2.34. The molecule has 2 heterocycles. The van der Waals surface area contributed by atoms with E-state index >= 15 is 0 Å². The van der Waals surface area contributed by atoms with Gasteiger partial charge in [-0.2, -0.15) is 14.7 Å². The van der Waals surface area contributed by atoms with Crippen LogP contribution >= 0.6 is 35.0 Å². The van der Waals surface area contributed by atoms with Gasteiger partial charge in [0.15, 0.2) is 5.82 Å². The topological polar surface area (TPSA) is 86.9 Å². The largest absolute Gasteiger partial charge is 0.609 e. The highest BCUT2D eigenvalue weighted by atomic mass is 35.5. The molecule has 0 saturated heterocycles. The maximum Gasteiger partial charge on any atom is 0.343 e. The monoisotopic (exact) mass is 490 g/mol. The summed E-state index contributed by atoms with van der Waals surface area (Å²) >= 11 is 13.0. The summed E-state index contributed by atoms with van der Waals surface area (Å²) in [4.78, 5) is 14.1. The maximum absolute atomic E-state index is 11.9. The number of halogens is 2. The SMILES string of the molecule is CSc1cccc(-c2c(-c3ccnc([S+](C)[O-])n3)nc(-c3c(Cl)cccc3Cl)n2O)c1. The molecule has 4 rings (SSSR count). The van der Waals surface area contributed by atoms with Crippen LogP contribution in [0.2, 0.25) is 10.0 Å². The standard InChI is InChI=1S/C21H16Cl2N4O2S2/c1-30-13-6-3-5-12(11-13)19-18(16-9-10-24-21(25-16)31(2)29)26-20(27(19)28)17-14(22)7-4-8-15(17)23/h3-11,28H,1-2H3. The zero-order valence-corrected chi connectivity index (χ0v) is 19.6. The second-order valence-electron chi connectivity index (χ2n) is 6.45. The summed E-state index contributed by atoms with van der Waals surface area (Å²) in [5, 5.41) is 12.1. The molecule has 31 heavy (non-hydrogen) atoms. The second-order valence-corrected chi connectivity index (χ2v) is 9.42. The van der Waals surface area contributed by atoms with Crippen molar-refractivity contribution in [3.8, 4) is 34.0 Å². The molecule has 6 nitrogen and oxygen atoms in total. The molecule has 0 aliphatic rings. The summed E-state index contributed by atoms with van der Waals surface area (Å²) < 4.78 is 12.9. The Hall–Kier alpha value is -2.23. The van der Waals surface area contributed by atoms with Crippen molar-refractivity contribution < 1.29 is 9.76 Å². The third kappa shape index (κ3) is 4.26. The van der Waals surface area contributed by atoms with E-state index < -0.39 is 11.2 Å². The van der Waals surface area contributed by atoms with Crippen LogP contribution in [0.25, 0.3) is 34.0 Å². The van der Waals surface area contributed by atoms with Crippen molar-refractivity contribution in [3.05, 3.63) is 64.8 Å². The van der Waals surface area contributed by atoms with Gasteiger partial charge in [0.1, 0.15) is 17.6 Å². The van der Waals surface area contributed by atoms with Crippen LogP contribution in [0.4, 0.5) is 0 Å². The summed E-state index contributed by atoms with van der Waals surface area (Å²) in [6.45, 7) is 0. The molecule has 10 heteroatoms. The van der Waals surface area contributed by atoms with E-state index in [4.69, 9.17) is 23.2 Å². The fourth-order valence-electron chi connectivity index (χ4n) is 3.10. The van der Waals surface area contributed by atoms with Crippen molar-refractivity contribution in [1.82, 2.24) is 19.7 Å². The summed E-state index contributed by atoms with van der Waals surface area (Å²) in [7, 11) is 0. The van der Waals surface area contributed by atoms with E-state index in [0.717, 1.165) is 15.2 Å². The Morgan fingerprint density at radius 3 is 2.45 bits per heavy atom. The number of thioether (sulfide) groups is 1. The minimum atomic E-state index is -1.38. The Morgan fingerprint density at radius 1 is 1.06 bits per heavy atom. The van der Waals surface area contributed by atoms with Crippen LogP contribution in [0.3, 0.4) is 0 Å². The molecule has 4 aromatic rings. The number of hydrogen-bond acceptors (Lipinski definition) is 6. The highest BCUT2D eigenvalue weighted by Crippen LogP contribution is 2.40. The van der Waals surface area contributed by atoms with Crippen LogP contribution in [0.1, 0.15) is 0 Å². The zero-order chi connectivity index (χ0) is 22.1. The average molecular weight is 491 g/mol. The molecular formula is C21H16Cl2N4O2S2. The quantitative estimate of drug-likeness (QED) is 0.167. The lowest BCUT2D eigenvalue weighted by atomic mass is 10.1. The van der Waals surface area contributed by atoms with Crippen molar-refractivity contribution in [2.75, 3.05) is 12.5 Å². The van der Waals surface area contributed by atoms with Crippen molar-refractivity contribution in [1.29, 1.82) is 0 Å². The smallest absolute Gasteiger partial charge is 0.343 e. The van der Waals surface area contributed by atoms with Gasteiger partial charge in [-0.3, -0.25) is 0 Å². The fourth-order valence-corrected chi connectivity index (χ4v) is 4.57. The van der Waals surface area contributed by atoms with Gasteiger partial charge in [0.2, 0.25) is 0 Å². The molecule has 0 amide bonds. The Balaban J connectivity index is 2.02. The van der Waals surface area contributed by atoms with Crippen LogP contribution in [-0.4, -0.2) is 42.0 Å². The van der Waals surface area contributed by atoms with Crippen molar-refractivity contribution in [2.45, 2.75) is 10.1 Å². The average Bonchev–Trinajstić information content (AvgIpc) is 3.10. The van der Waals surface area contributed by atoms with Crippen LogP contribution in [-0.2, 0) is 11.2 Å². The lowest BCUT2D eigenvalue weighted by molar-refractivity contribution is 0.195. The Labute approximate surface area is 196 Å². The molecule has 158 valence electrons. The normalized spacial score (nSPS) is 12.2. The van der Waals surface area contributed by atoms with Gasteiger partial charge in [-0.05, 0) is 36.6 Å². The molecule has 0 fully saturated rings. The van der Waals surface area contributed by atoms with E-state index in [9.17, 15) is 9.76 Å². The number of nitrogens with zero attached hydrogens (tertiary/aromatic N) is 4. The second kappa shape index (κ2) is 9.10. The number of aromatic nitrogens is 4. The molecule has 0 spiro atoms. The summed E-state index contributed by atoms with van der Waals surface area (Å²) in [6.07, 6.45) is 4.99. The molecule has 2 aromatic heterocycles. The lowest BCUT2D eigenvalue weighted by Gasteiger charge is -2.09. The van der Waals surface area contributed by atoms with E-state index in [1.165, 1.54) is 12.5 Å². The third-order valence-corrected chi connectivity index (χ3v) is 6.58. The number of imidazole rings is 1. The molecule has 1 unspecified atom stereocenters. The molecule has 1 atom stereocenters. The van der Waals surface area contributed by atoms with E-state index in [1.54, 1.807) is 36.0 Å². The predicted octanol–water partition coefficient (Wildman–Crippen LogP) is 5.68. The van der Waals surface area contributed by atoms with Gasteiger partial charge >= 0.3 is 5.16 Å². The highest BCUT2D eigenvalue weighted by molar-refractivity contribution is 7.98. The van der Waals surface area contributed by atoms with E-state index in [0.29, 0.717) is 32.7 Å². The maximum atomic E-state index is 11.9. The van der Waals surface area contributed by atoms with E-state index in [-0.39, 0.29) is 11.0 Å². The molecule has 1 N–H and O–H groups in total. The first-order valence-electron chi connectivity index (χ1n) is 8.98. The van der Waals surface area contributed by atoms with Gasteiger partial charge in [0.05, 0.1) is 21.3 Å². The Bertz CT molecular complexity index is 1240. The molecule has 2 aromatic carbocycles. The molecule has 0 aliphatic carbocycles. The minimum absolute atomic E-state index is 0.172. The first kappa shape index (κ1) is 22.0. The predicted molar refractivity (Wildman–Crippen MR) is 125 cm³/mol. The fraction of sp³-hybridized carbons (Fsp3) is 0.0952. The number of rotatable bonds is 5. The summed E-state index contributed by atoms with van der Waals surface area (Å²) in [5.74, 6) is 0.174. The molecule has 0 bridgehead atoms. The van der Waals surface area contributed by atoms with Crippen LogP contribution in [0.15, 0.2) is 64.8 Å². The van der Waals surface area contributed by atoms with E-state index in [1.807, 2.05) is 30.5 Å². The van der Waals surface area contributed by atoms with Crippen molar-refractivity contribution in [3.63, 3.8) is 0 Å². The zero-order valence-electron chi connectivity index (χ0n) is 16.4. The van der Waals surface area contributed by atoms with Gasteiger partial charge in [-0.25, -0.2) is 4.98 Å². The van der Waals surface area contributed by atoms with Crippen LogP contribution < -0.4 is 0 Å². The minimum Gasteiger partial charge on any atom is -0.609 e. The van der Waals surface area contributed by atoms with Crippen LogP contribution in [0, 0.1) is 0 Å². The first-order chi connectivity index (χ1) is 14.9. The van der Waals surface area contributed by atoms with E-state index in [2.05, 4.69) is 15.0 Å². The van der Waals surface area contributed by atoms with Gasteiger partial charge in [-0.1, -0.05) is 41.4 Å². The third-order valence-electron chi connectivity index (χ3n) is 4.52. The van der Waals surface area contributed by atoms with Gasteiger partial charge in [0, 0.05) is 27.8 Å². The van der Waals surface area contributed by atoms with Crippen LogP contribution in [0.5, 0.6) is 0 Å². The number of benzene rings is 2. The molecule has 0 aliphatic heterocycles. The van der Waals surface area contributed by atoms with Crippen molar-refractivity contribution in [2.24, 2.45) is 0 Å². The molecule has 0 radical (unpaired) electrons. The Kier molecular flexibility index (Phi) is 6.45.